The van der Waals surface area contributed by atoms with E-state index in [1.165, 1.54) is 6.20 Å². The van der Waals surface area contributed by atoms with Crippen molar-refractivity contribution < 1.29 is 14.3 Å². The Morgan fingerprint density at radius 3 is 2.64 bits per heavy atom. The van der Waals surface area contributed by atoms with Gasteiger partial charge in [0.25, 0.3) is 0 Å². The number of hydrogen-bond donors (Lipinski definition) is 0. The largest absolute Gasteiger partial charge is 0.389 e. The van der Waals surface area contributed by atoms with E-state index in [9.17, 15) is 9.59 Å². The Labute approximate surface area is 81.9 Å². The van der Waals surface area contributed by atoms with E-state index in [-0.39, 0.29) is 11.5 Å². The maximum atomic E-state index is 11.3. The third kappa shape index (κ3) is 2.65. The summed E-state index contributed by atoms with van der Waals surface area (Å²) in [6.45, 7) is 3.33. The molecule has 0 N–H and O–H groups in total. The second-order valence-electron chi connectivity index (χ2n) is 3.10. The van der Waals surface area contributed by atoms with Gasteiger partial charge < -0.3 is 4.74 Å². The van der Waals surface area contributed by atoms with E-state index in [0.29, 0.717) is 0 Å². The van der Waals surface area contributed by atoms with Crippen LogP contribution in [-0.2, 0) is 9.53 Å². The highest BCUT2D eigenvalue weighted by Crippen LogP contribution is 2.02. The van der Waals surface area contributed by atoms with Crippen LogP contribution in [0.4, 0.5) is 0 Å². The number of esters is 2. The normalized spacial score (nSPS) is 9.93. The fourth-order valence-corrected chi connectivity index (χ4v) is 0.752. The minimum atomic E-state index is -0.656. The summed E-state index contributed by atoms with van der Waals surface area (Å²) in [5, 5.41) is 0. The average Bonchev–Trinajstić information content (AvgIpc) is 2.19. The first-order chi connectivity index (χ1) is 6.61. The minimum Gasteiger partial charge on any atom is -0.389 e. The number of pyridine rings is 1. The molecule has 4 heteroatoms. The molecule has 0 aliphatic rings. The summed E-state index contributed by atoms with van der Waals surface area (Å²) >= 11 is 0. The molecule has 0 radical (unpaired) electrons. The topological polar surface area (TPSA) is 56.3 Å². The highest BCUT2D eigenvalue weighted by molar-refractivity contribution is 5.96. The third-order valence-corrected chi connectivity index (χ3v) is 1.56. The fourth-order valence-electron chi connectivity index (χ4n) is 0.752. The van der Waals surface area contributed by atoms with Gasteiger partial charge >= 0.3 is 11.9 Å². The Morgan fingerprint density at radius 2 is 2.14 bits per heavy atom. The zero-order chi connectivity index (χ0) is 10.6. The molecule has 4 nitrogen and oxygen atoms in total. The number of rotatable bonds is 2. The molecule has 14 heavy (non-hydrogen) atoms. The molecule has 0 aromatic carbocycles. The minimum absolute atomic E-state index is 0.279. The van der Waals surface area contributed by atoms with Crippen LogP contribution in [0.5, 0.6) is 0 Å². The van der Waals surface area contributed by atoms with Gasteiger partial charge in [-0.2, -0.15) is 0 Å². The lowest BCUT2D eigenvalue weighted by molar-refractivity contribution is -0.141. The molecule has 0 bridgehead atoms. The molecule has 0 spiro atoms. The summed E-state index contributed by atoms with van der Waals surface area (Å²) in [4.78, 5) is 26.1. The summed E-state index contributed by atoms with van der Waals surface area (Å²) in [5.41, 5.74) is 0.279. The molecule has 0 amide bonds. The molecule has 0 unspecified atom stereocenters. The van der Waals surface area contributed by atoms with Crippen molar-refractivity contribution in [3.63, 3.8) is 0 Å². The van der Waals surface area contributed by atoms with E-state index >= 15 is 0 Å². The van der Waals surface area contributed by atoms with Crippen LogP contribution in [0, 0.1) is 5.92 Å². The monoisotopic (exact) mass is 193 g/mol. The number of carbonyl (C=O) groups is 2. The van der Waals surface area contributed by atoms with Crippen LogP contribution in [0.15, 0.2) is 24.5 Å². The zero-order valence-electron chi connectivity index (χ0n) is 8.06. The van der Waals surface area contributed by atoms with Gasteiger partial charge in [0.05, 0.1) is 11.5 Å². The predicted octanol–water partition coefficient (Wildman–Crippen LogP) is 1.42. The second kappa shape index (κ2) is 4.50. The molecule has 0 saturated carbocycles. The number of carbonyl (C=O) groups excluding carboxylic acids is 2. The second-order valence-corrected chi connectivity index (χ2v) is 3.10. The lowest BCUT2D eigenvalue weighted by Crippen LogP contribution is -2.17. The lowest BCUT2D eigenvalue weighted by Gasteiger charge is -2.04. The van der Waals surface area contributed by atoms with Crippen molar-refractivity contribution in [1.82, 2.24) is 4.98 Å². The summed E-state index contributed by atoms with van der Waals surface area (Å²) in [7, 11) is 0. The van der Waals surface area contributed by atoms with E-state index in [1.807, 2.05) is 0 Å². The summed E-state index contributed by atoms with van der Waals surface area (Å²) in [5.74, 6) is -1.49. The number of hydrogen-bond acceptors (Lipinski definition) is 4. The van der Waals surface area contributed by atoms with Crippen LogP contribution in [0.25, 0.3) is 0 Å². The van der Waals surface area contributed by atoms with Crippen LogP contribution in [0.3, 0.4) is 0 Å². The molecule has 1 heterocycles. The maximum absolute atomic E-state index is 11.3. The Balaban J connectivity index is 2.65. The van der Waals surface area contributed by atoms with E-state index in [1.54, 1.807) is 32.2 Å². The predicted molar refractivity (Wildman–Crippen MR) is 49.5 cm³/mol. The van der Waals surface area contributed by atoms with Gasteiger partial charge in [-0.05, 0) is 12.1 Å². The lowest BCUT2D eigenvalue weighted by atomic mass is 10.2. The number of aromatic nitrogens is 1. The molecule has 0 aliphatic heterocycles. The number of nitrogens with zero attached hydrogens (tertiary/aromatic N) is 1. The fraction of sp³-hybridized carbons (Fsp3) is 0.300. The van der Waals surface area contributed by atoms with Crippen molar-refractivity contribution in [2.75, 3.05) is 0 Å². The van der Waals surface area contributed by atoms with Crippen molar-refractivity contribution in [1.29, 1.82) is 0 Å². The third-order valence-electron chi connectivity index (χ3n) is 1.56. The zero-order valence-corrected chi connectivity index (χ0v) is 8.06. The molecule has 0 fully saturated rings. The van der Waals surface area contributed by atoms with Gasteiger partial charge in [-0.3, -0.25) is 9.78 Å². The van der Waals surface area contributed by atoms with Crippen molar-refractivity contribution in [2.24, 2.45) is 5.92 Å². The van der Waals surface area contributed by atoms with Crippen molar-refractivity contribution in [3.05, 3.63) is 30.1 Å². The van der Waals surface area contributed by atoms with Gasteiger partial charge in [0.15, 0.2) is 0 Å². The van der Waals surface area contributed by atoms with Gasteiger partial charge in [0.1, 0.15) is 0 Å². The Morgan fingerprint density at radius 1 is 1.43 bits per heavy atom. The van der Waals surface area contributed by atoms with E-state index in [0.717, 1.165) is 0 Å². The molecule has 0 saturated heterocycles. The van der Waals surface area contributed by atoms with E-state index in [2.05, 4.69) is 9.72 Å². The van der Waals surface area contributed by atoms with Gasteiger partial charge in [0.2, 0.25) is 0 Å². The van der Waals surface area contributed by atoms with Gasteiger partial charge in [-0.15, -0.1) is 0 Å². The van der Waals surface area contributed by atoms with E-state index in [4.69, 9.17) is 0 Å². The number of ether oxygens (including phenoxy) is 1. The highest BCUT2D eigenvalue weighted by Gasteiger charge is 2.15. The molecule has 1 aromatic rings. The average molecular weight is 193 g/mol. The van der Waals surface area contributed by atoms with Crippen LogP contribution in [-0.4, -0.2) is 16.9 Å². The Bertz CT molecular complexity index is 332. The van der Waals surface area contributed by atoms with Crippen LogP contribution >= 0.6 is 0 Å². The SMILES string of the molecule is CC(C)C(=O)OC(=O)c1cccnc1. The van der Waals surface area contributed by atoms with Gasteiger partial charge in [0, 0.05) is 12.4 Å². The summed E-state index contributed by atoms with van der Waals surface area (Å²) in [6, 6.07) is 3.15. The summed E-state index contributed by atoms with van der Waals surface area (Å²) in [6.07, 6.45) is 2.90. The van der Waals surface area contributed by atoms with E-state index < -0.39 is 11.9 Å². The Hall–Kier alpha value is -1.71. The first kappa shape index (κ1) is 10.4. The molecule has 0 atom stereocenters. The quantitative estimate of drug-likeness (QED) is 0.526. The van der Waals surface area contributed by atoms with Crippen LogP contribution in [0.2, 0.25) is 0 Å². The van der Waals surface area contributed by atoms with Crippen molar-refractivity contribution >= 4 is 11.9 Å². The molecular formula is C10H11NO3. The molecule has 1 aromatic heterocycles. The Kier molecular flexibility index (Phi) is 3.34. The highest BCUT2D eigenvalue weighted by atomic mass is 16.6. The summed E-state index contributed by atoms with van der Waals surface area (Å²) < 4.78 is 4.58. The van der Waals surface area contributed by atoms with Crippen LogP contribution < -0.4 is 0 Å². The molecule has 0 aliphatic carbocycles. The first-order valence-corrected chi connectivity index (χ1v) is 4.27. The molecular weight excluding hydrogens is 182 g/mol. The molecule has 74 valence electrons. The smallest absolute Gasteiger partial charge is 0.347 e. The first-order valence-electron chi connectivity index (χ1n) is 4.27. The molecule has 1 rings (SSSR count). The van der Waals surface area contributed by atoms with Crippen molar-refractivity contribution in [3.8, 4) is 0 Å². The standard InChI is InChI=1S/C10H11NO3/c1-7(2)9(12)14-10(13)8-4-3-5-11-6-8/h3-7H,1-2H3. The maximum Gasteiger partial charge on any atom is 0.347 e. The van der Waals surface area contributed by atoms with Gasteiger partial charge in [-0.25, -0.2) is 4.79 Å². The van der Waals surface area contributed by atoms with Crippen LogP contribution in [0.1, 0.15) is 24.2 Å². The van der Waals surface area contributed by atoms with Gasteiger partial charge in [-0.1, -0.05) is 13.8 Å². The van der Waals surface area contributed by atoms with Crippen molar-refractivity contribution in [2.45, 2.75) is 13.8 Å².